The molecule has 0 aliphatic carbocycles. The van der Waals surface area contributed by atoms with Gasteiger partial charge in [0.05, 0.1) is 29.9 Å². The molecule has 0 bridgehead atoms. The van der Waals surface area contributed by atoms with Gasteiger partial charge >= 0.3 is 0 Å². The third-order valence-corrected chi connectivity index (χ3v) is 6.19. The lowest BCUT2D eigenvalue weighted by molar-refractivity contribution is -0.115. The van der Waals surface area contributed by atoms with Crippen molar-refractivity contribution in [2.45, 2.75) is 45.4 Å². The van der Waals surface area contributed by atoms with Crippen LogP contribution in [0, 0.1) is 0 Å². The Morgan fingerprint density at radius 3 is 2.62 bits per heavy atom. The van der Waals surface area contributed by atoms with E-state index in [-0.39, 0.29) is 5.91 Å². The first kappa shape index (κ1) is 25.4. The number of ether oxygens (including phenoxy) is 2. The quantitative estimate of drug-likeness (QED) is 0.311. The molecule has 1 aliphatic rings. The van der Waals surface area contributed by atoms with Crippen molar-refractivity contribution in [3.8, 4) is 11.5 Å². The van der Waals surface area contributed by atoms with Crippen LogP contribution in [0.15, 0.2) is 52.4 Å². The van der Waals surface area contributed by atoms with E-state index in [1.807, 2.05) is 18.2 Å². The van der Waals surface area contributed by atoms with E-state index in [1.54, 1.807) is 37.5 Å². The van der Waals surface area contributed by atoms with Crippen molar-refractivity contribution in [3.63, 3.8) is 0 Å². The van der Waals surface area contributed by atoms with Gasteiger partial charge in [-0.15, -0.1) is 0 Å². The zero-order chi connectivity index (χ0) is 24.3. The highest BCUT2D eigenvalue weighted by Crippen LogP contribution is 2.32. The van der Waals surface area contributed by atoms with Gasteiger partial charge in [-0.25, -0.2) is 4.99 Å². The fraction of sp³-hybridized carbons (Fsp3) is 0.346. The molecule has 2 amide bonds. The molecule has 1 fully saturated rings. The van der Waals surface area contributed by atoms with Gasteiger partial charge in [-0.1, -0.05) is 57.2 Å². The molecule has 0 unspecified atom stereocenters. The molecule has 8 heteroatoms. The molecule has 1 aliphatic heterocycles. The molecule has 7 nitrogen and oxygen atoms in total. The SMILES string of the molecule is CCCCCCCCOc1ccc(/C=C2\SC(=Nc3ccccc3C(N)=O)NC2=O)cc1OC. The van der Waals surface area contributed by atoms with Crippen LogP contribution < -0.4 is 20.5 Å². The molecule has 0 spiro atoms. The molecular weight excluding hydrogens is 450 g/mol. The summed E-state index contributed by atoms with van der Waals surface area (Å²) in [6, 6.07) is 12.3. The van der Waals surface area contributed by atoms with Gasteiger partial charge in [-0.05, 0) is 54.1 Å². The van der Waals surface area contributed by atoms with E-state index in [9.17, 15) is 9.59 Å². The predicted octanol–water partition coefficient (Wildman–Crippen LogP) is 5.43. The predicted molar refractivity (Wildman–Crippen MR) is 138 cm³/mol. The Balaban J connectivity index is 1.65. The number of hydrogen-bond donors (Lipinski definition) is 2. The summed E-state index contributed by atoms with van der Waals surface area (Å²) < 4.78 is 11.4. The van der Waals surface area contributed by atoms with E-state index in [0.717, 1.165) is 18.4 Å². The first-order chi connectivity index (χ1) is 16.5. The van der Waals surface area contributed by atoms with E-state index in [0.29, 0.717) is 39.4 Å². The number of primary amides is 1. The van der Waals surface area contributed by atoms with Gasteiger partial charge < -0.3 is 20.5 Å². The number of thioether (sulfide) groups is 1. The number of methoxy groups -OCH3 is 1. The van der Waals surface area contributed by atoms with Crippen LogP contribution in [0.5, 0.6) is 11.5 Å². The normalized spacial score (nSPS) is 15.5. The number of carbonyl (C=O) groups is 2. The summed E-state index contributed by atoms with van der Waals surface area (Å²) >= 11 is 1.20. The van der Waals surface area contributed by atoms with Crippen molar-refractivity contribution in [1.82, 2.24) is 5.32 Å². The molecule has 0 radical (unpaired) electrons. The Bertz CT molecular complexity index is 1080. The summed E-state index contributed by atoms with van der Waals surface area (Å²) in [4.78, 5) is 29.0. The minimum Gasteiger partial charge on any atom is -0.493 e. The number of hydrogen-bond acceptors (Lipinski definition) is 6. The standard InChI is InChI=1S/C26H31N3O4S/c1-3-4-5-6-7-10-15-33-21-14-13-18(16-22(21)32-2)17-23-25(31)29-26(34-23)28-20-12-9-8-11-19(20)24(27)30/h8-9,11-14,16-17H,3-7,10,15H2,1-2H3,(H2,27,30)(H,28,29,31)/b23-17-. The number of aliphatic imine (C=N–C) groups is 1. The van der Waals surface area contributed by atoms with Crippen LogP contribution in [0.1, 0.15) is 61.4 Å². The fourth-order valence-electron chi connectivity index (χ4n) is 3.48. The molecule has 34 heavy (non-hydrogen) atoms. The van der Waals surface area contributed by atoms with Crippen LogP contribution >= 0.6 is 11.8 Å². The second-order valence-corrected chi connectivity index (χ2v) is 8.92. The van der Waals surface area contributed by atoms with E-state index < -0.39 is 5.91 Å². The van der Waals surface area contributed by atoms with Crippen LogP contribution in [-0.4, -0.2) is 30.7 Å². The van der Waals surface area contributed by atoms with Crippen LogP contribution in [-0.2, 0) is 4.79 Å². The molecule has 180 valence electrons. The minimum atomic E-state index is -0.573. The van der Waals surface area contributed by atoms with E-state index in [4.69, 9.17) is 15.2 Å². The van der Waals surface area contributed by atoms with Gasteiger partial charge in [0.15, 0.2) is 16.7 Å². The summed E-state index contributed by atoms with van der Waals surface area (Å²) in [6.07, 6.45) is 8.98. The Morgan fingerprint density at radius 1 is 1.09 bits per heavy atom. The lowest BCUT2D eigenvalue weighted by atomic mass is 10.1. The zero-order valence-electron chi connectivity index (χ0n) is 19.6. The summed E-state index contributed by atoms with van der Waals surface area (Å²) in [6.45, 7) is 2.86. The molecule has 3 N–H and O–H groups in total. The largest absolute Gasteiger partial charge is 0.493 e. The summed E-state index contributed by atoms with van der Waals surface area (Å²) in [5, 5.41) is 3.11. The number of rotatable bonds is 12. The minimum absolute atomic E-state index is 0.261. The highest BCUT2D eigenvalue weighted by atomic mass is 32.2. The molecular formula is C26H31N3O4S. The Kier molecular flexibility index (Phi) is 9.58. The number of amides is 2. The molecule has 0 saturated carbocycles. The van der Waals surface area contributed by atoms with Gasteiger partial charge in [0.2, 0.25) is 0 Å². The Labute approximate surface area is 204 Å². The Hall–Kier alpha value is -3.26. The van der Waals surface area contributed by atoms with E-state index >= 15 is 0 Å². The van der Waals surface area contributed by atoms with Crippen molar-refractivity contribution in [3.05, 3.63) is 58.5 Å². The summed E-state index contributed by atoms with van der Waals surface area (Å²) in [7, 11) is 1.60. The first-order valence-corrected chi connectivity index (χ1v) is 12.3. The molecule has 1 heterocycles. The number of nitrogens with one attached hydrogen (secondary N) is 1. The van der Waals surface area contributed by atoms with Crippen LogP contribution in [0.4, 0.5) is 5.69 Å². The van der Waals surface area contributed by atoms with Crippen molar-refractivity contribution in [2.24, 2.45) is 10.7 Å². The lowest BCUT2D eigenvalue weighted by Crippen LogP contribution is -2.19. The first-order valence-electron chi connectivity index (χ1n) is 11.5. The topological polar surface area (TPSA) is 103 Å². The maximum atomic E-state index is 12.5. The second-order valence-electron chi connectivity index (χ2n) is 7.89. The monoisotopic (exact) mass is 481 g/mol. The third kappa shape index (κ3) is 7.12. The average molecular weight is 482 g/mol. The van der Waals surface area contributed by atoms with Crippen LogP contribution in [0.2, 0.25) is 0 Å². The summed E-state index contributed by atoms with van der Waals surface area (Å²) in [5.74, 6) is 0.471. The lowest BCUT2D eigenvalue weighted by Gasteiger charge is -2.11. The van der Waals surface area contributed by atoms with Gasteiger partial charge in [-0.3, -0.25) is 9.59 Å². The van der Waals surface area contributed by atoms with Gasteiger partial charge in [0.1, 0.15) is 0 Å². The number of carbonyl (C=O) groups excluding carboxylic acids is 2. The molecule has 3 rings (SSSR count). The van der Waals surface area contributed by atoms with E-state index in [1.165, 1.54) is 37.4 Å². The fourth-order valence-corrected chi connectivity index (χ4v) is 4.31. The third-order valence-electron chi connectivity index (χ3n) is 5.28. The number of unbranched alkanes of at least 4 members (excludes halogenated alkanes) is 5. The van der Waals surface area contributed by atoms with Crippen molar-refractivity contribution in [2.75, 3.05) is 13.7 Å². The summed E-state index contributed by atoms with van der Waals surface area (Å²) in [5.41, 5.74) is 6.92. The number of benzene rings is 2. The number of nitrogens with two attached hydrogens (primary N) is 1. The number of amidine groups is 1. The van der Waals surface area contributed by atoms with Gasteiger partial charge in [0, 0.05) is 0 Å². The Morgan fingerprint density at radius 2 is 1.85 bits per heavy atom. The van der Waals surface area contributed by atoms with Gasteiger partial charge in [-0.2, -0.15) is 0 Å². The van der Waals surface area contributed by atoms with Crippen molar-refractivity contribution >= 4 is 40.5 Å². The highest BCUT2D eigenvalue weighted by Gasteiger charge is 2.24. The average Bonchev–Trinajstić information content (AvgIpc) is 3.17. The molecule has 0 atom stereocenters. The molecule has 1 saturated heterocycles. The highest BCUT2D eigenvalue weighted by molar-refractivity contribution is 8.18. The molecule has 0 aromatic heterocycles. The van der Waals surface area contributed by atoms with Crippen molar-refractivity contribution < 1.29 is 19.1 Å². The van der Waals surface area contributed by atoms with Crippen LogP contribution in [0.3, 0.4) is 0 Å². The van der Waals surface area contributed by atoms with Gasteiger partial charge in [0.25, 0.3) is 11.8 Å². The molecule has 2 aromatic rings. The molecule has 2 aromatic carbocycles. The number of nitrogens with zero attached hydrogens (tertiary/aromatic N) is 1. The smallest absolute Gasteiger partial charge is 0.264 e. The van der Waals surface area contributed by atoms with Crippen molar-refractivity contribution in [1.29, 1.82) is 0 Å². The maximum absolute atomic E-state index is 12.5. The maximum Gasteiger partial charge on any atom is 0.264 e. The van der Waals surface area contributed by atoms with Crippen LogP contribution in [0.25, 0.3) is 6.08 Å². The zero-order valence-corrected chi connectivity index (χ0v) is 20.5. The van der Waals surface area contributed by atoms with E-state index in [2.05, 4.69) is 17.2 Å². The second kappa shape index (κ2) is 12.8. The number of para-hydroxylation sites is 1.